The van der Waals surface area contributed by atoms with Crippen LogP contribution in [0.2, 0.25) is 0 Å². The summed E-state index contributed by atoms with van der Waals surface area (Å²) in [6, 6.07) is 0. The van der Waals surface area contributed by atoms with Gasteiger partial charge in [-0.1, -0.05) is 6.92 Å². The van der Waals surface area contributed by atoms with E-state index in [1.54, 1.807) is 0 Å². The van der Waals surface area contributed by atoms with Gasteiger partial charge in [0.1, 0.15) is 0 Å². The van der Waals surface area contributed by atoms with Crippen LogP contribution in [-0.2, 0) is 0 Å². The van der Waals surface area contributed by atoms with Crippen LogP contribution in [0.25, 0.3) is 0 Å². The van der Waals surface area contributed by atoms with Crippen molar-refractivity contribution in [2.45, 2.75) is 25.9 Å². The average molecular weight is 128 g/mol. The van der Waals surface area contributed by atoms with Crippen molar-refractivity contribution < 1.29 is 0 Å². The van der Waals surface area contributed by atoms with Crippen LogP contribution in [0.15, 0.2) is 0 Å². The number of rotatable bonds is 0. The van der Waals surface area contributed by atoms with E-state index in [9.17, 15) is 0 Å². The zero-order valence-electron chi connectivity index (χ0n) is 6.30. The van der Waals surface area contributed by atoms with E-state index in [-0.39, 0.29) is 0 Å². The number of nitrogens with zero attached hydrogens (tertiary/aromatic N) is 1. The van der Waals surface area contributed by atoms with Gasteiger partial charge in [-0.05, 0) is 32.4 Å². The highest BCUT2D eigenvalue weighted by Gasteiger charge is 2.19. The molecule has 0 aromatic rings. The monoisotopic (exact) mass is 128 g/mol. The fraction of sp³-hybridized carbons (Fsp3) is 1.00. The van der Waals surface area contributed by atoms with Gasteiger partial charge in [0.15, 0.2) is 0 Å². The Morgan fingerprint density at radius 2 is 2.22 bits per heavy atom. The van der Waals surface area contributed by atoms with Gasteiger partial charge in [0.2, 0.25) is 0 Å². The topological polar surface area (TPSA) is 29.3 Å². The lowest BCUT2D eigenvalue weighted by molar-refractivity contribution is 0.153. The molecule has 0 aliphatic carbocycles. The van der Waals surface area contributed by atoms with Crippen LogP contribution in [0.3, 0.4) is 0 Å². The summed E-state index contributed by atoms with van der Waals surface area (Å²) < 4.78 is 0. The van der Waals surface area contributed by atoms with Crippen LogP contribution in [-0.4, -0.2) is 24.7 Å². The fourth-order valence-corrected chi connectivity index (χ4v) is 1.30. The summed E-state index contributed by atoms with van der Waals surface area (Å²) in [6.45, 7) is 3.44. The van der Waals surface area contributed by atoms with Crippen molar-refractivity contribution in [2.75, 3.05) is 13.6 Å². The highest BCUT2D eigenvalue weighted by atomic mass is 15.2. The van der Waals surface area contributed by atoms with Crippen molar-refractivity contribution in [1.82, 2.24) is 4.90 Å². The molecule has 0 aromatic heterocycles. The van der Waals surface area contributed by atoms with E-state index in [4.69, 9.17) is 5.73 Å². The van der Waals surface area contributed by atoms with Gasteiger partial charge < -0.3 is 5.73 Å². The minimum atomic E-state index is 0.314. The highest BCUT2D eigenvalue weighted by Crippen LogP contribution is 2.17. The Kier molecular flexibility index (Phi) is 2.09. The molecule has 2 unspecified atom stereocenters. The first-order chi connectivity index (χ1) is 4.20. The molecule has 1 aliphatic rings. The maximum absolute atomic E-state index is 5.79. The molecule has 54 valence electrons. The molecule has 1 saturated heterocycles. The largest absolute Gasteiger partial charge is 0.316 e. The maximum Gasteiger partial charge on any atom is 0.0571 e. The van der Waals surface area contributed by atoms with Gasteiger partial charge in [0, 0.05) is 0 Å². The van der Waals surface area contributed by atoms with Crippen LogP contribution >= 0.6 is 0 Å². The molecule has 1 aliphatic heterocycles. The number of hydrogen-bond acceptors (Lipinski definition) is 2. The summed E-state index contributed by atoms with van der Waals surface area (Å²) in [5, 5.41) is 0. The molecule has 0 bridgehead atoms. The van der Waals surface area contributed by atoms with Crippen LogP contribution in [0.1, 0.15) is 19.8 Å². The van der Waals surface area contributed by atoms with E-state index in [1.807, 2.05) is 0 Å². The Bertz CT molecular complexity index is 92.9. The quantitative estimate of drug-likeness (QED) is 0.518. The maximum atomic E-state index is 5.79. The second-order valence-electron chi connectivity index (χ2n) is 3.18. The lowest BCUT2D eigenvalue weighted by Crippen LogP contribution is -2.44. The van der Waals surface area contributed by atoms with Crippen molar-refractivity contribution in [3.05, 3.63) is 0 Å². The molecule has 0 aromatic carbocycles. The van der Waals surface area contributed by atoms with Gasteiger partial charge in [0.05, 0.1) is 6.17 Å². The molecule has 1 fully saturated rings. The smallest absolute Gasteiger partial charge is 0.0571 e. The predicted octanol–water partition coefficient (Wildman–Crippen LogP) is 0.633. The third-order valence-electron chi connectivity index (χ3n) is 2.18. The summed E-state index contributed by atoms with van der Waals surface area (Å²) in [5.41, 5.74) is 5.79. The normalized spacial score (nSPS) is 39.0. The van der Waals surface area contributed by atoms with E-state index in [1.165, 1.54) is 13.0 Å². The minimum Gasteiger partial charge on any atom is -0.316 e. The summed E-state index contributed by atoms with van der Waals surface area (Å²) >= 11 is 0. The van der Waals surface area contributed by atoms with Gasteiger partial charge in [0.25, 0.3) is 0 Å². The van der Waals surface area contributed by atoms with Crippen molar-refractivity contribution >= 4 is 0 Å². The van der Waals surface area contributed by atoms with Gasteiger partial charge in [-0.2, -0.15) is 0 Å². The Morgan fingerprint density at radius 1 is 1.56 bits per heavy atom. The zero-order chi connectivity index (χ0) is 6.85. The molecule has 0 spiro atoms. The Morgan fingerprint density at radius 3 is 2.67 bits per heavy atom. The van der Waals surface area contributed by atoms with E-state index >= 15 is 0 Å². The predicted molar refractivity (Wildman–Crippen MR) is 39.0 cm³/mol. The molecule has 2 atom stereocenters. The molecule has 9 heavy (non-hydrogen) atoms. The molecule has 2 N–H and O–H groups in total. The summed E-state index contributed by atoms with van der Waals surface area (Å²) in [6.07, 6.45) is 2.79. The number of likely N-dealkylation sites (tertiary alicyclic amines) is 1. The molecule has 2 heteroatoms. The van der Waals surface area contributed by atoms with Gasteiger partial charge in [-0.15, -0.1) is 0 Å². The Balaban J connectivity index is 2.35. The molecule has 0 saturated carbocycles. The second-order valence-corrected chi connectivity index (χ2v) is 3.18. The van der Waals surface area contributed by atoms with Crippen molar-refractivity contribution in [2.24, 2.45) is 11.7 Å². The molecular weight excluding hydrogens is 112 g/mol. The Labute approximate surface area is 57.0 Å². The number of nitrogens with two attached hydrogens (primary N) is 1. The molecule has 0 amide bonds. The first-order valence-electron chi connectivity index (χ1n) is 3.66. The van der Waals surface area contributed by atoms with Crippen LogP contribution < -0.4 is 5.73 Å². The van der Waals surface area contributed by atoms with Gasteiger partial charge in [-0.3, -0.25) is 4.90 Å². The van der Waals surface area contributed by atoms with E-state index in [0.717, 1.165) is 12.3 Å². The summed E-state index contributed by atoms with van der Waals surface area (Å²) in [7, 11) is 2.09. The fourth-order valence-electron chi connectivity index (χ4n) is 1.30. The number of piperidine rings is 1. The van der Waals surface area contributed by atoms with E-state index in [2.05, 4.69) is 18.9 Å². The van der Waals surface area contributed by atoms with Gasteiger partial charge >= 0.3 is 0 Å². The molecular formula is C7H16N2. The molecule has 1 rings (SSSR count). The number of hydrogen-bond donors (Lipinski definition) is 1. The van der Waals surface area contributed by atoms with Crippen molar-refractivity contribution in [1.29, 1.82) is 0 Å². The first-order valence-corrected chi connectivity index (χ1v) is 3.66. The standard InChI is InChI=1S/C7H16N2/c1-6-3-4-9(2)7(8)5-6/h6-7H,3-5,8H2,1-2H3. The second kappa shape index (κ2) is 2.67. The molecule has 2 nitrogen and oxygen atoms in total. The lowest BCUT2D eigenvalue weighted by Gasteiger charge is -2.32. The third-order valence-corrected chi connectivity index (χ3v) is 2.18. The van der Waals surface area contributed by atoms with Crippen LogP contribution in [0.5, 0.6) is 0 Å². The summed E-state index contributed by atoms with van der Waals surface area (Å²) in [5.74, 6) is 0.830. The van der Waals surface area contributed by atoms with Crippen LogP contribution in [0, 0.1) is 5.92 Å². The zero-order valence-corrected chi connectivity index (χ0v) is 6.30. The molecule has 1 heterocycles. The highest BCUT2D eigenvalue weighted by molar-refractivity contribution is 4.72. The first kappa shape index (κ1) is 7.03. The van der Waals surface area contributed by atoms with Gasteiger partial charge in [-0.25, -0.2) is 0 Å². The van der Waals surface area contributed by atoms with E-state index < -0.39 is 0 Å². The minimum absolute atomic E-state index is 0.314. The SMILES string of the molecule is CC1CCN(C)C(N)C1. The summed E-state index contributed by atoms with van der Waals surface area (Å²) in [4.78, 5) is 2.22. The van der Waals surface area contributed by atoms with Crippen LogP contribution in [0.4, 0.5) is 0 Å². The van der Waals surface area contributed by atoms with Crippen molar-refractivity contribution in [3.63, 3.8) is 0 Å². The third kappa shape index (κ3) is 1.66. The van der Waals surface area contributed by atoms with Crippen molar-refractivity contribution in [3.8, 4) is 0 Å². The van der Waals surface area contributed by atoms with E-state index in [0.29, 0.717) is 6.17 Å². The lowest BCUT2D eigenvalue weighted by atomic mass is 9.97. The Hall–Kier alpha value is -0.0800. The molecule has 0 radical (unpaired) electrons. The average Bonchev–Trinajstić information content (AvgIpc) is 1.80.